The van der Waals surface area contributed by atoms with E-state index in [0.29, 0.717) is 11.3 Å². The van der Waals surface area contributed by atoms with Crippen molar-refractivity contribution in [3.63, 3.8) is 0 Å². The number of nitrogens with zero attached hydrogens (tertiary/aromatic N) is 2. The zero-order valence-electron chi connectivity index (χ0n) is 10.2. The van der Waals surface area contributed by atoms with Crippen molar-refractivity contribution in [2.24, 2.45) is 4.99 Å². The molecule has 0 fully saturated rings. The molecule has 4 nitrogen and oxygen atoms in total. The first-order chi connectivity index (χ1) is 9.19. The summed E-state index contributed by atoms with van der Waals surface area (Å²) >= 11 is 0. The smallest absolute Gasteiger partial charge is 0.356 e. The number of benzene rings is 1. The van der Waals surface area contributed by atoms with E-state index in [1.54, 1.807) is 18.2 Å². The second kappa shape index (κ2) is 5.86. The highest BCUT2D eigenvalue weighted by Crippen LogP contribution is 2.11. The van der Waals surface area contributed by atoms with Gasteiger partial charge in [0.15, 0.2) is 0 Å². The first-order valence-electron chi connectivity index (χ1n) is 5.53. The fraction of sp³-hybridized carbons (Fsp3) is 0.0714. The number of halogens is 1. The van der Waals surface area contributed by atoms with E-state index in [1.807, 2.05) is 0 Å². The normalized spacial score (nSPS) is 10.6. The molecule has 1 aromatic carbocycles. The average Bonchev–Trinajstić information content (AvgIpc) is 2.45. The number of carbonyl (C=O) groups excluding carboxylic acids is 1. The number of pyridine rings is 1. The van der Waals surface area contributed by atoms with Gasteiger partial charge in [-0.1, -0.05) is 12.1 Å². The van der Waals surface area contributed by atoms with Gasteiger partial charge in [0.1, 0.15) is 11.5 Å². The fourth-order valence-electron chi connectivity index (χ4n) is 1.42. The van der Waals surface area contributed by atoms with Crippen molar-refractivity contribution >= 4 is 17.9 Å². The molecule has 0 radical (unpaired) electrons. The summed E-state index contributed by atoms with van der Waals surface area (Å²) in [4.78, 5) is 19.2. The summed E-state index contributed by atoms with van der Waals surface area (Å²) in [6, 6.07) is 9.24. The lowest BCUT2D eigenvalue weighted by atomic mass is 10.2. The maximum atomic E-state index is 12.9. The maximum absolute atomic E-state index is 12.9. The minimum atomic E-state index is -0.499. The van der Waals surface area contributed by atoms with Crippen molar-refractivity contribution in [3.05, 3.63) is 59.7 Å². The van der Waals surface area contributed by atoms with Gasteiger partial charge in [-0.15, -0.1) is 0 Å². The summed E-state index contributed by atoms with van der Waals surface area (Å²) in [6.45, 7) is 0. The fourth-order valence-corrected chi connectivity index (χ4v) is 1.42. The van der Waals surface area contributed by atoms with Crippen molar-refractivity contribution in [1.29, 1.82) is 0 Å². The zero-order chi connectivity index (χ0) is 13.7. The number of methoxy groups -OCH3 is 1. The molecule has 0 saturated heterocycles. The van der Waals surface area contributed by atoms with E-state index in [2.05, 4.69) is 14.7 Å². The summed E-state index contributed by atoms with van der Waals surface area (Å²) in [5.41, 5.74) is 1.43. The van der Waals surface area contributed by atoms with Gasteiger partial charge < -0.3 is 4.74 Å². The molecule has 0 aliphatic rings. The average molecular weight is 258 g/mol. The van der Waals surface area contributed by atoms with E-state index in [-0.39, 0.29) is 11.5 Å². The minimum Gasteiger partial charge on any atom is -0.464 e. The zero-order valence-corrected chi connectivity index (χ0v) is 10.2. The van der Waals surface area contributed by atoms with Crippen LogP contribution in [0.1, 0.15) is 16.1 Å². The van der Waals surface area contributed by atoms with Gasteiger partial charge in [0.05, 0.1) is 19.0 Å². The summed E-state index contributed by atoms with van der Waals surface area (Å²) < 4.78 is 17.5. The van der Waals surface area contributed by atoms with Gasteiger partial charge in [-0.05, 0) is 29.8 Å². The predicted octanol–water partition coefficient (Wildman–Crippen LogP) is 2.76. The van der Waals surface area contributed by atoms with Crippen LogP contribution in [0.2, 0.25) is 0 Å². The van der Waals surface area contributed by atoms with Gasteiger partial charge in [-0.3, -0.25) is 4.99 Å². The Hall–Kier alpha value is -2.56. The first-order valence-corrected chi connectivity index (χ1v) is 5.53. The number of hydrogen-bond donors (Lipinski definition) is 0. The SMILES string of the molecule is COC(=O)c1ccc(/N=C/c2cccc(F)c2)cn1. The van der Waals surface area contributed by atoms with Crippen molar-refractivity contribution in [3.8, 4) is 0 Å². The number of ether oxygens (including phenoxy) is 1. The highest BCUT2D eigenvalue weighted by Gasteiger charge is 2.05. The molecule has 2 rings (SSSR count). The van der Waals surface area contributed by atoms with E-state index in [0.717, 1.165) is 0 Å². The lowest BCUT2D eigenvalue weighted by Crippen LogP contribution is -2.02. The van der Waals surface area contributed by atoms with Gasteiger partial charge in [0.2, 0.25) is 0 Å². The number of rotatable bonds is 3. The lowest BCUT2D eigenvalue weighted by Gasteiger charge is -1.98. The van der Waals surface area contributed by atoms with Gasteiger partial charge in [0, 0.05) is 6.21 Å². The van der Waals surface area contributed by atoms with Gasteiger partial charge in [0.25, 0.3) is 0 Å². The van der Waals surface area contributed by atoms with Crippen LogP contribution in [0, 0.1) is 5.82 Å². The Labute approximate surface area is 109 Å². The third kappa shape index (κ3) is 3.45. The molecule has 0 unspecified atom stereocenters. The number of aliphatic imine (C=N–C) groups is 1. The number of aromatic nitrogens is 1. The largest absolute Gasteiger partial charge is 0.464 e. The molecule has 0 atom stereocenters. The summed E-state index contributed by atoms with van der Waals surface area (Å²) in [5.74, 6) is -0.816. The second-order valence-electron chi connectivity index (χ2n) is 3.71. The Kier molecular flexibility index (Phi) is 3.97. The molecule has 2 aromatic rings. The Morgan fingerprint density at radius 1 is 1.37 bits per heavy atom. The molecule has 1 aromatic heterocycles. The molecule has 0 amide bonds. The van der Waals surface area contributed by atoms with Crippen molar-refractivity contribution < 1.29 is 13.9 Å². The van der Waals surface area contributed by atoms with Crippen LogP contribution >= 0.6 is 0 Å². The molecule has 0 spiro atoms. The highest BCUT2D eigenvalue weighted by atomic mass is 19.1. The molecular formula is C14H11FN2O2. The molecule has 0 aliphatic heterocycles. The molecule has 0 aliphatic carbocycles. The Morgan fingerprint density at radius 2 is 2.21 bits per heavy atom. The van der Waals surface area contributed by atoms with Crippen LogP contribution in [-0.4, -0.2) is 24.3 Å². The predicted molar refractivity (Wildman–Crippen MR) is 69.2 cm³/mol. The molecular weight excluding hydrogens is 247 g/mol. The first kappa shape index (κ1) is 12.9. The summed E-state index contributed by atoms with van der Waals surface area (Å²) in [5, 5.41) is 0. The summed E-state index contributed by atoms with van der Waals surface area (Å²) in [6.07, 6.45) is 2.97. The molecule has 5 heteroatoms. The van der Waals surface area contributed by atoms with E-state index >= 15 is 0 Å². The Balaban J connectivity index is 2.13. The molecule has 96 valence electrons. The highest BCUT2D eigenvalue weighted by molar-refractivity contribution is 5.87. The van der Waals surface area contributed by atoms with E-state index in [9.17, 15) is 9.18 Å². The van der Waals surface area contributed by atoms with Crippen molar-refractivity contribution in [2.45, 2.75) is 0 Å². The van der Waals surface area contributed by atoms with Crippen LogP contribution in [0.25, 0.3) is 0 Å². The van der Waals surface area contributed by atoms with E-state index in [4.69, 9.17) is 0 Å². The number of carbonyl (C=O) groups is 1. The Morgan fingerprint density at radius 3 is 2.84 bits per heavy atom. The standard InChI is InChI=1S/C14H11FN2O2/c1-19-14(18)13-6-5-12(9-17-13)16-8-10-3-2-4-11(15)7-10/h2-9H,1H3/b16-8+. The third-order valence-corrected chi connectivity index (χ3v) is 2.35. The second-order valence-corrected chi connectivity index (χ2v) is 3.71. The molecule has 0 bridgehead atoms. The van der Waals surface area contributed by atoms with Crippen LogP contribution in [-0.2, 0) is 4.74 Å². The molecule has 1 heterocycles. The van der Waals surface area contributed by atoms with Gasteiger partial charge >= 0.3 is 5.97 Å². The lowest BCUT2D eigenvalue weighted by molar-refractivity contribution is 0.0594. The third-order valence-electron chi connectivity index (χ3n) is 2.35. The van der Waals surface area contributed by atoms with Gasteiger partial charge in [-0.25, -0.2) is 14.2 Å². The monoisotopic (exact) mass is 258 g/mol. The van der Waals surface area contributed by atoms with Crippen LogP contribution < -0.4 is 0 Å². The van der Waals surface area contributed by atoms with Crippen LogP contribution in [0.3, 0.4) is 0 Å². The van der Waals surface area contributed by atoms with E-state index < -0.39 is 5.97 Å². The number of hydrogen-bond acceptors (Lipinski definition) is 4. The van der Waals surface area contributed by atoms with Crippen LogP contribution in [0.4, 0.5) is 10.1 Å². The Bertz CT molecular complexity index is 609. The molecule has 0 saturated carbocycles. The molecule has 0 N–H and O–H groups in total. The summed E-state index contributed by atoms with van der Waals surface area (Å²) in [7, 11) is 1.29. The van der Waals surface area contributed by atoms with Crippen molar-refractivity contribution in [1.82, 2.24) is 4.98 Å². The maximum Gasteiger partial charge on any atom is 0.356 e. The van der Waals surface area contributed by atoms with Crippen molar-refractivity contribution in [2.75, 3.05) is 7.11 Å². The van der Waals surface area contributed by atoms with E-state index in [1.165, 1.54) is 37.7 Å². The molecule has 19 heavy (non-hydrogen) atoms. The van der Waals surface area contributed by atoms with Crippen LogP contribution in [0.15, 0.2) is 47.6 Å². The topological polar surface area (TPSA) is 51.5 Å². The number of esters is 1. The van der Waals surface area contributed by atoms with Crippen LogP contribution in [0.5, 0.6) is 0 Å². The quantitative estimate of drug-likeness (QED) is 0.628. The minimum absolute atomic E-state index is 0.215. The van der Waals surface area contributed by atoms with Gasteiger partial charge in [-0.2, -0.15) is 0 Å².